The summed E-state index contributed by atoms with van der Waals surface area (Å²) in [5.74, 6) is 1.87. The molecule has 4 bridgehead atoms. The maximum atomic E-state index is 13.2. The average molecular weight is 313 g/mol. The Kier molecular flexibility index (Phi) is 2.16. The van der Waals surface area contributed by atoms with Crippen LogP contribution in [-0.2, 0) is 4.79 Å². The van der Waals surface area contributed by atoms with Crippen LogP contribution in [0.1, 0.15) is 44.9 Å². The number of rotatable bonds is 1. The average Bonchev–Trinajstić information content (AvgIpc) is 3.13. The van der Waals surface area contributed by atoms with Gasteiger partial charge in [0, 0.05) is 17.5 Å². The zero-order valence-corrected chi connectivity index (χ0v) is 13.2. The highest BCUT2D eigenvalue weighted by Crippen LogP contribution is 2.66. The van der Waals surface area contributed by atoms with Gasteiger partial charge in [-0.25, -0.2) is 0 Å². The number of aliphatic hydroxyl groups is 1. The third-order valence-corrected chi connectivity index (χ3v) is 8.04. The van der Waals surface area contributed by atoms with E-state index in [2.05, 4.69) is 11.4 Å². The lowest BCUT2D eigenvalue weighted by Crippen LogP contribution is -2.83. The monoisotopic (exact) mass is 313 g/mol. The number of amides is 1. The lowest BCUT2D eigenvalue weighted by atomic mass is 9.40. The molecule has 0 aromatic carbocycles. The zero-order chi connectivity index (χ0) is 15.6. The summed E-state index contributed by atoms with van der Waals surface area (Å²) in [7, 11) is 0. The van der Waals surface area contributed by atoms with Gasteiger partial charge in [-0.1, -0.05) is 0 Å². The maximum absolute atomic E-state index is 13.2. The molecule has 2 N–H and O–H groups in total. The third kappa shape index (κ3) is 1.44. The predicted octanol–water partition coefficient (Wildman–Crippen LogP) is 0.781. The first-order chi connectivity index (χ1) is 11.0. The van der Waals surface area contributed by atoms with Crippen LogP contribution in [0.4, 0.5) is 0 Å². The fourth-order valence-electron chi connectivity index (χ4n) is 7.49. The van der Waals surface area contributed by atoms with Gasteiger partial charge in [0.15, 0.2) is 0 Å². The minimum atomic E-state index is -0.523. The summed E-state index contributed by atoms with van der Waals surface area (Å²) in [6.45, 7) is 0. The number of hydrogen-bond acceptors (Lipinski definition) is 4. The minimum Gasteiger partial charge on any atom is -0.390 e. The minimum absolute atomic E-state index is 0.0249. The Bertz CT molecular complexity index is 659. The molecular formula is C18H23N3O2. The predicted molar refractivity (Wildman–Crippen MR) is 80.9 cm³/mol. The molecule has 0 unspecified atom stereocenters. The second-order valence-electron chi connectivity index (χ2n) is 9.38. The van der Waals surface area contributed by atoms with E-state index in [-0.39, 0.29) is 23.4 Å². The molecule has 2 aliphatic heterocycles. The zero-order valence-electron chi connectivity index (χ0n) is 13.2. The lowest BCUT2D eigenvalue weighted by molar-refractivity contribution is -0.231. The van der Waals surface area contributed by atoms with E-state index in [4.69, 9.17) is 0 Å². The highest BCUT2D eigenvalue weighted by molar-refractivity contribution is 5.86. The summed E-state index contributed by atoms with van der Waals surface area (Å²) in [6.07, 6.45) is 6.91. The van der Waals surface area contributed by atoms with Crippen LogP contribution in [0.15, 0.2) is 0 Å². The number of likely N-dealkylation sites (tertiary alicyclic amines) is 1. The van der Waals surface area contributed by atoms with E-state index in [1.807, 2.05) is 4.90 Å². The van der Waals surface area contributed by atoms with Gasteiger partial charge in [-0.05, 0) is 62.7 Å². The number of carbonyl (C=O) groups is 1. The van der Waals surface area contributed by atoms with Gasteiger partial charge in [0.1, 0.15) is 6.04 Å². The van der Waals surface area contributed by atoms with Crippen LogP contribution < -0.4 is 5.32 Å². The molecule has 0 aromatic rings. The van der Waals surface area contributed by atoms with Gasteiger partial charge >= 0.3 is 0 Å². The summed E-state index contributed by atoms with van der Waals surface area (Å²) in [4.78, 5) is 15.1. The van der Waals surface area contributed by atoms with Gasteiger partial charge in [-0.3, -0.25) is 4.79 Å². The van der Waals surface area contributed by atoms with Crippen LogP contribution in [0.25, 0.3) is 0 Å². The molecule has 2 heterocycles. The van der Waals surface area contributed by atoms with Crippen molar-refractivity contribution in [2.24, 2.45) is 23.2 Å². The summed E-state index contributed by atoms with van der Waals surface area (Å²) >= 11 is 0. The smallest absolute Gasteiger partial charge is 0.241 e. The van der Waals surface area contributed by atoms with Crippen molar-refractivity contribution in [3.05, 3.63) is 0 Å². The van der Waals surface area contributed by atoms with Crippen molar-refractivity contribution >= 4 is 5.91 Å². The van der Waals surface area contributed by atoms with Crippen LogP contribution in [0.2, 0.25) is 0 Å². The Balaban J connectivity index is 1.33. The molecule has 1 spiro atoms. The summed E-state index contributed by atoms with van der Waals surface area (Å²) < 4.78 is 0. The van der Waals surface area contributed by atoms with E-state index in [9.17, 15) is 15.2 Å². The van der Waals surface area contributed by atoms with E-state index < -0.39 is 5.60 Å². The van der Waals surface area contributed by atoms with Crippen molar-refractivity contribution in [3.63, 3.8) is 0 Å². The summed E-state index contributed by atoms with van der Waals surface area (Å²) in [5.41, 5.74) is -0.548. The summed E-state index contributed by atoms with van der Waals surface area (Å²) in [6, 6.07) is 2.71. The van der Waals surface area contributed by atoms with Gasteiger partial charge in [-0.15, -0.1) is 0 Å². The molecule has 7 fully saturated rings. The van der Waals surface area contributed by atoms with Crippen LogP contribution in [0.3, 0.4) is 0 Å². The van der Waals surface area contributed by atoms with Gasteiger partial charge in [-0.2, -0.15) is 5.26 Å². The molecule has 7 aliphatic rings. The fraction of sp³-hybridized carbons (Fsp3) is 0.889. The fourth-order valence-corrected chi connectivity index (χ4v) is 7.49. The highest BCUT2D eigenvalue weighted by Gasteiger charge is 2.72. The number of fused-ring (bicyclic) bond motifs is 1. The number of nitrogens with zero attached hydrogens (tertiary/aromatic N) is 2. The second-order valence-corrected chi connectivity index (χ2v) is 9.38. The van der Waals surface area contributed by atoms with Crippen LogP contribution >= 0.6 is 0 Å². The SMILES string of the molecule is N#C[C@@H]1C[C@@H]2C[C@@H]2N1C(=O)[C@H]1N[C@H]2[C@@H]3C[C@H]4C[C@@](O)(C3)C[C@@]12C4. The van der Waals surface area contributed by atoms with Gasteiger partial charge in [0.05, 0.1) is 17.7 Å². The van der Waals surface area contributed by atoms with Crippen molar-refractivity contribution in [3.8, 4) is 6.07 Å². The van der Waals surface area contributed by atoms with Crippen molar-refractivity contribution in [1.82, 2.24) is 10.2 Å². The number of nitrogens with one attached hydrogen (secondary N) is 1. The second kappa shape index (κ2) is 3.75. The Morgan fingerprint density at radius 1 is 1.22 bits per heavy atom. The molecule has 122 valence electrons. The Morgan fingerprint density at radius 3 is 2.87 bits per heavy atom. The number of carbonyl (C=O) groups excluding carboxylic acids is 1. The van der Waals surface area contributed by atoms with Crippen molar-refractivity contribution in [2.75, 3.05) is 0 Å². The first-order valence-electron chi connectivity index (χ1n) is 9.23. The molecule has 1 amide bonds. The van der Waals surface area contributed by atoms with Crippen LogP contribution in [0.5, 0.6) is 0 Å². The largest absolute Gasteiger partial charge is 0.390 e. The number of nitriles is 1. The van der Waals surface area contributed by atoms with E-state index in [1.54, 1.807) is 0 Å². The van der Waals surface area contributed by atoms with E-state index in [0.717, 1.165) is 38.5 Å². The Morgan fingerprint density at radius 2 is 2.09 bits per heavy atom. The summed E-state index contributed by atoms with van der Waals surface area (Å²) in [5, 5.41) is 23.9. The van der Waals surface area contributed by atoms with E-state index in [1.165, 1.54) is 6.42 Å². The molecule has 2 saturated heterocycles. The lowest BCUT2D eigenvalue weighted by Gasteiger charge is -2.72. The van der Waals surface area contributed by atoms with Crippen molar-refractivity contribution in [1.29, 1.82) is 5.26 Å². The molecule has 0 radical (unpaired) electrons. The molecule has 5 heteroatoms. The molecule has 5 nitrogen and oxygen atoms in total. The molecule has 5 aliphatic carbocycles. The van der Waals surface area contributed by atoms with Crippen LogP contribution in [-0.4, -0.2) is 45.7 Å². The normalized spacial score (nSPS) is 60.7. The number of hydrogen-bond donors (Lipinski definition) is 2. The third-order valence-electron chi connectivity index (χ3n) is 8.04. The van der Waals surface area contributed by atoms with E-state index >= 15 is 0 Å². The standard InChI is InChI=1S/C18H23N3O2/c19-7-12-2-10-3-13(10)21(12)16(22)15-18-5-9-1-11(14(18)20-15)6-17(23,4-9)8-18/h9-15,20,23H,1-6,8H2/t9-,10+,11+,12-,13-,14-,15+,17+,18+/m0/s1. The van der Waals surface area contributed by atoms with E-state index in [0.29, 0.717) is 29.8 Å². The topological polar surface area (TPSA) is 76.4 Å². The molecule has 5 saturated carbocycles. The van der Waals surface area contributed by atoms with Crippen molar-refractivity contribution in [2.45, 2.75) is 74.7 Å². The first kappa shape index (κ1) is 13.2. The van der Waals surface area contributed by atoms with Crippen LogP contribution in [0, 0.1) is 34.5 Å². The quantitative estimate of drug-likeness (QED) is 0.750. The van der Waals surface area contributed by atoms with Crippen molar-refractivity contribution < 1.29 is 9.90 Å². The molecule has 23 heavy (non-hydrogen) atoms. The van der Waals surface area contributed by atoms with Gasteiger partial charge in [0.2, 0.25) is 5.91 Å². The Hall–Kier alpha value is -1.12. The van der Waals surface area contributed by atoms with Gasteiger partial charge in [0.25, 0.3) is 0 Å². The Labute approximate surface area is 136 Å². The van der Waals surface area contributed by atoms with Gasteiger partial charge < -0.3 is 15.3 Å². The highest BCUT2D eigenvalue weighted by atomic mass is 16.3. The molecule has 9 atom stereocenters. The molecular weight excluding hydrogens is 290 g/mol. The first-order valence-corrected chi connectivity index (χ1v) is 9.23. The maximum Gasteiger partial charge on any atom is 0.241 e. The molecule has 0 aromatic heterocycles. The molecule has 7 rings (SSSR count). The number of piperidine rings is 1.